The topological polar surface area (TPSA) is 114 Å². The summed E-state index contributed by atoms with van der Waals surface area (Å²) >= 11 is 0. The van der Waals surface area contributed by atoms with Crippen molar-refractivity contribution in [2.24, 2.45) is 0 Å². The molecule has 202 valence electrons. The van der Waals surface area contributed by atoms with Gasteiger partial charge in [0.1, 0.15) is 18.1 Å². The highest BCUT2D eigenvalue weighted by Crippen LogP contribution is 2.35. The molecule has 1 atom stereocenters. The molecular formula is C27H36N2O7S. The molecule has 1 amide bonds. The van der Waals surface area contributed by atoms with E-state index in [1.54, 1.807) is 35.8 Å². The van der Waals surface area contributed by atoms with Gasteiger partial charge in [0.2, 0.25) is 0 Å². The Kier molecular flexibility index (Phi) is 10.1. The third-order valence-electron chi connectivity index (χ3n) is 6.43. The van der Waals surface area contributed by atoms with Gasteiger partial charge in [-0.3, -0.25) is 14.9 Å². The molecule has 9 nitrogen and oxygen atoms in total. The lowest BCUT2D eigenvalue weighted by Gasteiger charge is -2.31. The Bertz CT molecular complexity index is 1150. The smallest absolute Gasteiger partial charge is 0.265 e. The molecular weight excluding hydrogens is 496 g/mol. The zero-order chi connectivity index (χ0) is 26.9. The lowest BCUT2D eigenvalue weighted by Crippen LogP contribution is -2.53. The Morgan fingerprint density at radius 2 is 1.70 bits per heavy atom. The highest BCUT2D eigenvalue weighted by Gasteiger charge is 2.50. The van der Waals surface area contributed by atoms with Gasteiger partial charge in [-0.2, -0.15) is 0 Å². The molecule has 1 aliphatic rings. The number of sulfone groups is 1. The molecule has 2 aromatic rings. The molecule has 0 bridgehead atoms. The van der Waals surface area contributed by atoms with Gasteiger partial charge in [0.05, 0.1) is 25.2 Å². The molecule has 1 saturated heterocycles. The minimum Gasteiger partial charge on any atom is -0.497 e. The Labute approximate surface area is 218 Å². The SMILES string of the molecule is COc1ccc(S(=O)(=O)C(CC=C(C)C)(Cc2ccc(OCCN3CCOCC3)cc2)C(=O)NO)cc1. The monoisotopic (exact) mass is 532 g/mol. The van der Waals surface area contributed by atoms with Crippen LogP contribution in [-0.4, -0.2) is 75.7 Å². The van der Waals surface area contributed by atoms with E-state index in [1.165, 1.54) is 31.4 Å². The summed E-state index contributed by atoms with van der Waals surface area (Å²) in [5.74, 6) is 0.146. The summed E-state index contributed by atoms with van der Waals surface area (Å²) in [4.78, 5) is 15.4. The summed E-state index contributed by atoms with van der Waals surface area (Å²) in [5.41, 5.74) is 3.07. The van der Waals surface area contributed by atoms with Crippen LogP contribution in [0.25, 0.3) is 0 Å². The van der Waals surface area contributed by atoms with Gasteiger partial charge in [-0.15, -0.1) is 0 Å². The summed E-state index contributed by atoms with van der Waals surface area (Å²) in [6.07, 6.45) is 1.43. The largest absolute Gasteiger partial charge is 0.497 e. The van der Waals surface area contributed by atoms with Crippen LogP contribution in [0.15, 0.2) is 65.1 Å². The number of hydrogen-bond acceptors (Lipinski definition) is 8. The fourth-order valence-corrected chi connectivity index (χ4v) is 6.07. The van der Waals surface area contributed by atoms with Crippen LogP contribution in [0.5, 0.6) is 11.5 Å². The molecule has 1 heterocycles. The average Bonchev–Trinajstić information content (AvgIpc) is 2.92. The van der Waals surface area contributed by atoms with E-state index < -0.39 is 20.5 Å². The molecule has 2 N–H and O–H groups in total. The van der Waals surface area contributed by atoms with Crippen LogP contribution < -0.4 is 15.0 Å². The van der Waals surface area contributed by atoms with Crippen molar-refractivity contribution in [2.45, 2.75) is 36.3 Å². The first-order chi connectivity index (χ1) is 17.7. The summed E-state index contributed by atoms with van der Waals surface area (Å²) in [5, 5.41) is 9.62. The highest BCUT2D eigenvalue weighted by atomic mass is 32.2. The highest BCUT2D eigenvalue weighted by molar-refractivity contribution is 7.93. The van der Waals surface area contributed by atoms with Gasteiger partial charge in [0.15, 0.2) is 14.6 Å². The number of methoxy groups -OCH3 is 1. The fraction of sp³-hybridized carbons (Fsp3) is 0.444. The number of amides is 1. The molecule has 0 saturated carbocycles. The van der Waals surface area contributed by atoms with Crippen molar-refractivity contribution < 1.29 is 32.6 Å². The van der Waals surface area contributed by atoms with E-state index in [-0.39, 0.29) is 17.7 Å². The molecule has 3 rings (SSSR count). The first-order valence-corrected chi connectivity index (χ1v) is 13.7. The zero-order valence-corrected chi connectivity index (χ0v) is 22.4. The van der Waals surface area contributed by atoms with E-state index in [0.717, 1.165) is 38.4 Å². The Morgan fingerprint density at radius 3 is 2.27 bits per heavy atom. The van der Waals surface area contributed by atoms with E-state index >= 15 is 0 Å². The second-order valence-electron chi connectivity index (χ2n) is 9.22. The fourth-order valence-electron chi connectivity index (χ4n) is 4.17. The standard InChI is InChI=1S/C27H36N2O7S/c1-21(2)12-13-27(26(30)28-31,37(32,33)25-10-8-23(34-3)9-11-25)20-22-4-6-24(7-5-22)36-19-16-29-14-17-35-18-15-29/h4-12,31H,13-20H2,1-3H3,(H,28,30). The Balaban J connectivity index is 1.86. The number of carbonyl (C=O) groups is 1. The van der Waals surface area contributed by atoms with Crippen molar-refractivity contribution in [3.05, 3.63) is 65.7 Å². The quantitative estimate of drug-likeness (QED) is 0.244. The Morgan fingerprint density at radius 1 is 1.08 bits per heavy atom. The van der Waals surface area contributed by atoms with Crippen molar-refractivity contribution in [3.8, 4) is 11.5 Å². The number of nitrogens with zero attached hydrogens (tertiary/aromatic N) is 1. The molecule has 0 aliphatic carbocycles. The van der Waals surface area contributed by atoms with Crippen LogP contribution in [0.1, 0.15) is 25.8 Å². The number of allylic oxidation sites excluding steroid dienone is 2. The molecule has 0 radical (unpaired) electrons. The van der Waals surface area contributed by atoms with Crippen LogP contribution >= 0.6 is 0 Å². The van der Waals surface area contributed by atoms with E-state index in [1.807, 2.05) is 13.8 Å². The van der Waals surface area contributed by atoms with Gasteiger partial charge >= 0.3 is 0 Å². The maximum absolute atomic E-state index is 13.9. The lowest BCUT2D eigenvalue weighted by molar-refractivity contribution is -0.131. The van der Waals surface area contributed by atoms with Crippen LogP contribution in [0.4, 0.5) is 0 Å². The van der Waals surface area contributed by atoms with Gasteiger partial charge in [-0.05, 0) is 62.2 Å². The Hall–Kier alpha value is -2.92. The molecule has 0 aromatic heterocycles. The number of nitrogens with one attached hydrogen (secondary N) is 1. The first-order valence-electron chi connectivity index (χ1n) is 12.2. The molecule has 0 spiro atoms. The molecule has 1 aliphatic heterocycles. The number of hydroxylamine groups is 1. The minimum atomic E-state index is -4.25. The second kappa shape index (κ2) is 13.0. The van der Waals surface area contributed by atoms with E-state index in [4.69, 9.17) is 14.2 Å². The molecule has 1 unspecified atom stereocenters. The number of morpholine rings is 1. The molecule has 1 fully saturated rings. The van der Waals surface area contributed by atoms with Crippen LogP contribution in [0, 0.1) is 0 Å². The van der Waals surface area contributed by atoms with Crippen molar-refractivity contribution in [2.75, 3.05) is 46.6 Å². The van der Waals surface area contributed by atoms with Gasteiger partial charge in [-0.1, -0.05) is 23.8 Å². The molecule has 10 heteroatoms. The van der Waals surface area contributed by atoms with Gasteiger partial charge in [-0.25, -0.2) is 13.9 Å². The van der Waals surface area contributed by atoms with Gasteiger partial charge in [0, 0.05) is 26.1 Å². The van der Waals surface area contributed by atoms with Crippen molar-refractivity contribution in [1.29, 1.82) is 0 Å². The van der Waals surface area contributed by atoms with E-state index in [2.05, 4.69) is 4.90 Å². The summed E-state index contributed by atoms with van der Waals surface area (Å²) in [6, 6.07) is 12.9. The van der Waals surface area contributed by atoms with Crippen LogP contribution in [0.3, 0.4) is 0 Å². The molecule has 37 heavy (non-hydrogen) atoms. The summed E-state index contributed by atoms with van der Waals surface area (Å²) in [7, 11) is -2.76. The maximum Gasteiger partial charge on any atom is 0.265 e. The van der Waals surface area contributed by atoms with Crippen molar-refractivity contribution >= 4 is 15.7 Å². The van der Waals surface area contributed by atoms with E-state index in [0.29, 0.717) is 23.7 Å². The predicted octanol–water partition coefficient (Wildman–Crippen LogP) is 3.02. The van der Waals surface area contributed by atoms with Crippen LogP contribution in [0.2, 0.25) is 0 Å². The van der Waals surface area contributed by atoms with Crippen molar-refractivity contribution in [1.82, 2.24) is 10.4 Å². The normalized spacial score (nSPS) is 15.9. The number of rotatable bonds is 12. The number of benzene rings is 2. The maximum atomic E-state index is 13.9. The van der Waals surface area contributed by atoms with Crippen molar-refractivity contribution in [3.63, 3.8) is 0 Å². The second-order valence-corrected chi connectivity index (χ2v) is 11.5. The molecule has 2 aromatic carbocycles. The van der Waals surface area contributed by atoms with E-state index in [9.17, 15) is 18.4 Å². The third-order valence-corrected chi connectivity index (χ3v) is 8.85. The minimum absolute atomic E-state index is 0.0397. The zero-order valence-electron chi connectivity index (χ0n) is 21.6. The average molecular weight is 533 g/mol. The number of hydrogen-bond donors (Lipinski definition) is 2. The predicted molar refractivity (Wildman–Crippen MR) is 140 cm³/mol. The van der Waals surface area contributed by atoms with Gasteiger partial charge in [0.25, 0.3) is 5.91 Å². The van der Waals surface area contributed by atoms with Gasteiger partial charge < -0.3 is 14.2 Å². The third kappa shape index (κ3) is 7.10. The number of carbonyl (C=O) groups excluding carboxylic acids is 1. The first kappa shape index (κ1) is 28.6. The summed E-state index contributed by atoms with van der Waals surface area (Å²) in [6.45, 7) is 8.16. The summed E-state index contributed by atoms with van der Waals surface area (Å²) < 4.78 is 42.3. The number of ether oxygens (including phenoxy) is 3. The lowest BCUT2D eigenvalue weighted by atomic mass is 9.93. The van der Waals surface area contributed by atoms with Crippen LogP contribution in [-0.2, 0) is 25.8 Å².